The van der Waals surface area contributed by atoms with Crippen LogP contribution in [0.25, 0.3) is 0 Å². The number of esters is 1. The minimum atomic E-state index is -0.123. The van der Waals surface area contributed by atoms with Crippen LogP contribution in [0.3, 0.4) is 0 Å². The SMILES string of the molecule is CC1=CC(=O)C2=C(C)CC[C@H]3[C@H](OC(=O)[C@@H]3C)[C@H]12. The van der Waals surface area contributed by atoms with Gasteiger partial charge >= 0.3 is 5.97 Å². The van der Waals surface area contributed by atoms with Crippen molar-refractivity contribution in [3.8, 4) is 0 Å². The Bertz CT molecular complexity index is 498. The monoisotopic (exact) mass is 246 g/mol. The van der Waals surface area contributed by atoms with Crippen molar-refractivity contribution in [1.29, 1.82) is 0 Å². The highest BCUT2D eigenvalue weighted by Gasteiger charge is 2.50. The fraction of sp³-hybridized carbons (Fsp3) is 0.600. The van der Waals surface area contributed by atoms with Crippen molar-refractivity contribution in [2.24, 2.45) is 17.8 Å². The van der Waals surface area contributed by atoms with Crippen LogP contribution in [-0.2, 0) is 14.3 Å². The van der Waals surface area contributed by atoms with Gasteiger partial charge in [-0.1, -0.05) is 18.1 Å². The molecule has 0 aromatic rings. The number of carbonyl (C=O) groups excluding carboxylic acids is 2. The Morgan fingerprint density at radius 2 is 2.00 bits per heavy atom. The Labute approximate surface area is 107 Å². The minimum Gasteiger partial charge on any atom is -0.461 e. The van der Waals surface area contributed by atoms with Crippen LogP contribution in [0.4, 0.5) is 0 Å². The minimum absolute atomic E-state index is 0.0129. The Morgan fingerprint density at radius 3 is 2.72 bits per heavy atom. The highest BCUT2D eigenvalue weighted by molar-refractivity contribution is 6.09. The number of ketones is 1. The van der Waals surface area contributed by atoms with E-state index in [0.29, 0.717) is 0 Å². The van der Waals surface area contributed by atoms with E-state index in [9.17, 15) is 9.59 Å². The van der Waals surface area contributed by atoms with E-state index >= 15 is 0 Å². The van der Waals surface area contributed by atoms with Crippen molar-refractivity contribution in [2.75, 3.05) is 0 Å². The van der Waals surface area contributed by atoms with E-state index in [1.165, 1.54) is 5.57 Å². The van der Waals surface area contributed by atoms with Gasteiger partial charge in [0.05, 0.1) is 5.92 Å². The van der Waals surface area contributed by atoms with Crippen LogP contribution in [0.2, 0.25) is 0 Å². The Balaban J connectivity index is 2.07. The van der Waals surface area contributed by atoms with Crippen molar-refractivity contribution in [3.63, 3.8) is 0 Å². The van der Waals surface area contributed by atoms with Gasteiger partial charge in [0.15, 0.2) is 5.78 Å². The fourth-order valence-electron chi connectivity index (χ4n) is 3.69. The molecule has 1 saturated heterocycles. The smallest absolute Gasteiger partial charge is 0.309 e. The van der Waals surface area contributed by atoms with E-state index in [4.69, 9.17) is 4.74 Å². The number of fused-ring (bicyclic) bond motifs is 3. The molecule has 0 aromatic carbocycles. The summed E-state index contributed by atoms with van der Waals surface area (Å²) in [6, 6.07) is 0. The molecule has 0 spiro atoms. The summed E-state index contributed by atoms with van der Waals surface area (Å²) in [7, 11) is 0. The number of rotatable bonds is 0. The van der Waals surface area contributed by atoms with E-state index in [1.54, 1.807) is 6.08 Å². The molecule has 0 saturated carbocycles. The molecule has 18 heavy (non-hydrogen) atoms. The first kappa shape index (κ1) is 11.7. The molecule has 3 heteroatoms. The van der Waals surface area contributed by atoms with Crippen molar-refractivity contribution >= 4 is 11.8 Å². The lowest BCUT2D eigenvalue weighted by atomic mass is 9.81. The summed E-state index contributed by atoms with van der Waals surface area (Å²) < 4.78 is 5.57. The highest BCUT2D eigenvalue weighted by atomic mass is 16.6. The number of hydrogen-bond donors (Lipinski definition) is 0. The molecule has 2 aliphatic carbocycles. The van der Waals surface area contributed by atoms with Crippen LogP contribution in [0, 0.1) is 17.8 Å². The van der Waals surface area contributed by atoms with E-state index < -0.39 is 0 Å². The molecule has 0 aromatic heterocycles. The quantitative estimate of drug-likeness (QED) is 0.616. The fourth-order valence-corrected chi connectivity index (χ4v) is 3.69. The van der Waals surface area contributed by atoms with Crippen LogP contribution in [0.15, 0.2) is 22.8 Å². The lowest BCUT2D eigenvalue weighted by Gasteiger charge is -2.24. The zero-order valence-corrected chi connectivity index (χ0v) is 11.0. The molecule has 3 aliphatic rings. The number of allylic oxidation sites excluding steroid dienone is 2. The summed E-state index contributed by atoms with van der Waals surface area (Å²) >= 11 is 0. The van der Waals surface area contributed by atoms with E-state index in [-0.39, 0.29) is 35.6 Å². The third-order valence-electron chi connectivity index (χ3n) is 4.76. The highest BCUT2D eigenvalue weighted by Crippen LogP contribution is 2.47. The molecule has 0 bridgehead atoms. The molecule has 1 heterocycles. The topological polar surface area (TPSA) is 43.4 Å². The van der Waals surface area contributed by atoms with Crippen molar-refractivity contribution in [2.45, 2.75) is 39.7 Å². The summed E-state index contributed by atoms with van der Waals surface area (Å²) in [5, 5.41) is 0. The molecule has 4 atom stereocenters. The van der Waals surface area contributed by atoms with E-state index in [2.05, 4.69) is 0 Å². The lowest BCUT2D eigenvalue weighted by Crippen LogP contribution is -2.28. The summed E-state index contributed by atoms with van der Waals surface area (Å²) in [6.45, 7) is 5.96. The first-order chi connectivity index (χ1) is 8.50. The molecule has 3 nitrogen and oxygen atoms in total. The molecular formula is C15H18O3. The van der Waals surface area contributed by atoms with Crippen LogP contribution in [-0.4, -0.2) is 17.9 Å². The average molecular weight is 246 g/mol. The standard InChI is InChI=1S/C15H18O3/c1-7-4-5-10-9(3)15(17)18-14(10)13-8(2)6-11(16)12(7)13/h6,9-10,13-14H,4-5H2,1-3H3/t9-,10-,13-,14+/m1/s1. The summed E-state index contributed by atoms with van der Waals surface area (Å²) in [6.07, 6.45) is 3.44. The van der Waals surface area contributed by atoms with Gasteiger partial charge in [0.1, 0.15) is 6.10 Å². The molecule has 0 radical (unpaired) electrons. The molecule has 0 unspecified atom stereocenters. The Hall–Kier alpha value is -1.38. The van der Waals surface area contributed by atoms with E-state index in [1.807, 2.05) is 20.8 Å². The van der Waals surface area contributed by atoms with Crippen LogP contribution >= 0.6 is 0 Å². The predicted octanol–water partition coefficient (Wildman–Crippen LogP) is 2.42. The summed E-state index contributed by atoms with van der Waals surface area (Å²) in [4.78, 5) is 23.8. The van der Waals surface area contributed by atoms with Gasteiger partial charge in [-0.3, -0.25) is 9.59 Å². The number of carbonyl (C=O) groups is 2. The van der Waals surface area contributed by atoms with Crippen molar-refractivity contribution < 1.29 is 14.3 Å². The van der Waals surface area contributed by atoms with Gasteiger partial charge in [-0.2, -0.15) is 0 Å². The summed E-state index contributed by atoms with van der Waals surface area (Å²) in [5.74, 6) is 0.246. The third kappa shape index (κ3) is 1.43. The van der Waals surface area contributed by atoms with Gasteiger partial charge in [0.2, 0.25) is 0 Å². The maximum absolute atomic E-state index is 12.1. The first-order valence-electron chi connectivity index (χ1n) is 6.63. The molecule has 0 N–H and O–H groups in total. The van der Waals surface area contributed by atoms with Crippen molar-refractivity contribution in [1.82, 2.24) is 0 Å². The largest absolute Gasteiger partial charge is 0.461 e. The first-order valence-corrected chi connectivity index (χ1v) is 6.63. The van der Waals surface area contributed by atoms with E-state index in [0.717, 1.165) is 24.0 Å². The maximum Gasteiger partial charge on any atom is 0.309 e. The third-order valence-corrected chi connectivity index (χ3v) is 4.76. The second-order valence-electron chi connectivity index (χ2n) is 5.82. The lowest BCUT2D eigenvalue weighted by molar-refractivity contribution is -0.144. The zero-order valence-electron chi connectivity index (χ0n) is 11.0. The Morgan fingerprint density at radius 1 is 1.28 bits per heavy atom. The molecule has 1 aliphatic heterocycles. The molecule has 1 fully saturated rings. The summed E-state index contributed by atoms with van der Waals surface area (Å²) in [5.41, 5.74) is 3.12. The zero-order chi connectivity index (χ0) is 13.0. The number of ether oxygens (including phenoxy) is 1. The van der Waals surface area contributed by atoms with Crippen molar-refractivity contribution in [3.05, 3.63) is 22.8 Å². The van der Waals surface area contributed by atoms with Gasteiger partial charge in [-0.05, 0) is 32.8 Å². The molecule has 3 rings (SSSR count). The van der Waals surface area contributed by atoms with Crippen LogP contribution < -0.4 is 0 Å². The van der Waals surface area contributed by atoms with Gasteiger partial charge in [0, 0.05) is 17.4 Å². The van der Waals surface area contributed by atoms with Gasteiger partial charge in [-0.25, -0.2) is 0 Å². The Kier molecular flexibility index (Phi) is 2.47. The molecule has 0 amide bonds. The molecule has 96 valence electrons. The predicted molar refractivity (Wildman–Crippen MR) is 66.7 cm³/mol. The average Bonchev–Trinajstić information content (AvgIpc) is 2.68. The second-order valence-corrected chi connectivity index (χ2v) is 5.82. The maximum atomic E-state index is 12.1. The van der Waals surface area contributed by atoms with Gasteiger partial charge < -0.3 is 4.74 Å². The molecular weight excluding hydrogens is 228 g/mol. The van der Waals surface area contributed by atoms with Crippen LogP contribution in [0.5, 0.6) is 0 Å². The van der Waals surface area contributed by atoms with Gasteiger partial charge in [-0.15, -0.1) is 0 Å². The second kappa shape index (κ2) is 3.81. The normalized spacial score (nSPS) is 39.2. The van der Waals surface area contributed by atoms with Gasteiger partial charge in [0.25, 0.3) is 0 Å². The van der Waals surface area contributed by atoms with Crippen LogP contribution in [0.1, 0.15) is 33.6 Å². The number of hydrogen-bond acceptors (Lipinski definition) is 3.